The Kier molecular flexibility index (Phi) is 5.45. The van der Waals surface area contributed by atoms with E-state index in [9.17, 15) is 8.42 Å². The van der Waals surface area contributed by atoms with Gasteiger partial charge in [-0.2, -0.15) is 0 Å². The maximum absolute atomic E-state index is 12.6. The van der Waals surface area contributed by atoms with Gasteiger partial charge in [-0.25, -0.2) is 13.1 Å². The van der Waals surface area contributed by atoms with Gasteiger partial charge in [-0.15, -0.1) is 0 Å². The molecule has 1 atom stereocenters. The van der Waals surface area contributed by atoms with Crippen molar-refractivity contribution >= 4 is 21.6 Å². The summed E-state index contributed by atoms with van der Waals surface area (Å²) in [6.45, 7) is 3.94. The van der Waals surface area contributed by atoms with Gasteiger partial charge < -0.3 is 4.74 Å². The van der Waals surface area contributed by atoms with Crippen molar-refractivity contribution in [3.63, 3.8) is 0 Å². The topological polar surface area (TPSA) is 55.4 Å². The molecule has 0 amide bonds. The first kappa shape index (κ1) is 16.8. The third kappa shape index (κ3) is 4.00. The maximum Gasteiger partial charge on any atom is 0.244 e. The summed E-state index contributed by atoms with van der Waals surface area (Å²) in [5.41, 5.74) is 0.887. The Labute approximate surface area is 136 Å². The van der Waals surface area contributed by atoms with Crippen molar-refractivity contribution in [2.45, 2.75) is 24.8 Å². The molecule has 0 aliphatic rings. The minimum absolute atomic E-state index is 0.0848. The molecule has 0 radical (unpaired) electrons. The summed E-state index contributed by atoms with van der Waals surface area (Å²) in [4.78, 5) is 0.0848. The molecule has 0 aliphatic carbocycles. The van der Waals surface area contributed by atoms with Crippen molar-refractivity contribution in [1.82, 2.24) is 4.72 Å². The van der Waals surface area contributed by atoms with Crippen molar-refractivity contribution in [3.8, 4) is 5.75 Å². The van der Waals surface area contributed by atoms with Crippen molar-refractivity contribution < 1.29 is 13.2 Å². The second-order valence-electron chi connectivity index (χ2n) is 4.78. The number of halogens is 1. The fraction of sp³-hybridized carbons (Fsp3) is 0.250. The Hall–Kier alpha value is -1.56. The van der Waals surface area contributed by atoms with Crippen molar-refractivity contribution in [2.75, 3.05) is 6.61 Å². The molecule has 0 aliphatic heterocycles. The van der Waals surface area contributed by atoms with Crippen molar-refractivity contribution in [3.05, 3.63) is 59.1 Å². The van der Waals surface area contributed by atoms with Crippen LogP contribution in [0.15, 0.2) is 53.4 Å². The molecule has 0 saturated heterocycles. The highest BCUT2D eigenvalue weighted by molar-refractivity contribution is 7.89. The van der Waals surface area contributed by atoms with Gasteiger partial charge in [-0.3, -0.25) is 0 Å². The average molecular weight is 340 g/mol. The van der Waals surface area contributed by atoms with E-state index in [1.54, 1.807) is 13.8 Å². The molecule has 0 bridgehead atoms. The molecule has 0 aromatic heterocycles. The first-order chi connectivity index (χ1) is 10.4. The van der Waals surface area contributed by atoms with Crippen LogP contribution < -0.4 is 9.46 Å². The average Bonchev–Trinajstić information content (AvgIpc) is 2.48. The third-order valence-corrected chi connectivity index (χ3v) is 4.94. The summed E-state index contributed by atoms with van der Waals surface area (Å²) in [5.74, 6) is 0.253. The number of ether oxygens (including phenoxy) is 1. The monoisotopic (exact) mass is 339 g/mol. The minimum Gasteiger partial charge on any atom is -0.492 e. The smallest absolute Gasteiger partial charge is 0.244 e. The van der Waals surface area contributed by atoms with E-state index in [-0.39, 0.29) is 16.7 Å². The molecule has 0 fully saturated rings. The quantitative estimate of drug-likeness (QED) is 0.871. The molecule has 0 heterocycles. The standard InChI is InChI=1S/C16H18ClNO3S/c1-3-21-15-11-14(17)9-10-16(15)22(19,20)18-12(2)13-7-5-4-6-8-13/h4-12,18H,3H2,1-2H3. The SMILES string of the molecule is CCOc1cc(Cl)ccc1S(=O)(=O)NC(C)c1ccccc1. The second-order valence-corrected chi connectivity index (χ2v) is 6.90. The molecule has 118 valence electrons. The Morgan fingerprint density at radius 3 is 2.50 bits per heavy atom. The van der Waals surface area contributed by atoms with Gasteiger partial charge in [0.25, 0.3) is 0 Å². The van der Waals surface area contributed by atoms with Gasteiger partial charge in [-0.05, 0) is 31.5 Å². The van der Waals surface area contributed by atoms with Crippen LogP contribution in [-0.4, -0.2) is 15.0 Å². The lowest BCUT2D eigenvalue weighted by Crippen LogP contribution is -2.27. The molecule has 1 N–H and O–H groups in total. The highest BCUT2D eigenvalue weighted by Crippen LogP contribution is 2.28. The van der Waals surface area contributed by atoms with Crippen LogP contribution in [0.1, 0.15) is 25.5 Å². The zero-order valence-corrected chi connectivity index (χ0v) is 14.0. The molecule has 2 aromatic carbocycles. The van der Waals surface area contributed by atoms with Crippen LogP contribution in [0, 0.1) is 0 Å². The van der Waals surface area contributed by atoms with Crippen molar-refractivity contribution in [1.29, 1.82) is 0 Å². The summed E-state index contributed by atoms with van der Waals surface area (Å²) in [6, 6.07) is 13.5. The number of nitrogens with one attached hydrogen (secondary N) is 1. The van der Waals surface area contributed by atoms with Crippen LogP contribution >= 0.6 is 11.6 Å². The Balaban J connectivity index is 2.31. The van der Waals surface area contributed by atoms with E-state index >= 15 is 0 Å². The number of hydrogen-bond acceptors (Lipinski definition) is 3. The minimum atomic E-state index is -3.71. The summed E-state index contributed by atoms with van der Waals surface area (Å²) < 4.78 is 33.2. The Morgan fingerprint density at radius 1 is 1.18 bits per heavy atom. The first-order valence-corrected chi connectivity index (χ1v) is 8.80. The predicted molar refractivity (Wildman–Crippen MR) is 87.8 cm³/mol. The lowest BCUT2D eigenvalue weighted by molar-refractivity contribution is 0.331. The number of benzene rings is 2. The molecule has 22 heavy (non-hydrogen) atoms. The van der Waals surface area contributed by atoms with Gasteiger partial charge in [0, 0.05) is 17.1 Å². The Morgan fingerprint density at radius 2 is 1.86 bits per heavy atom. The molecule has 0 saturated carbocycles. The summed E-state index contributed by atoms with van der Waals surface area (Å²) in [5, 5.41) is 0.429. The summed E-state index contributed by atoms with van der Waals surface area (Å²) >= 11 is 5.91. The molecule has 2 rings (SSSR count). The zero-order chi connectivity index (χ0) is 16.2. The summed E-state index contributed by atoms with van der Waals surface area (Å²) in [7, 11) is -3.71. The first-order valence-electron chi connectivity index (χ1n) is 6.93. The number of sulfonamides is 1. The lowest BCUT2D eigenvalue weighted by Gasteiger charge is -2.17. The van der Waals surface area contributed by atoms with Crippen LogP contribution in [0.5, 0.6) is 5.75 Å². The molecule has 1 unspecified atom stereocenters. The van der Waals surface area contributed by atoms with E-state index in [4.69, 9.17) is 16.3 Å². The molecule has 0 spiro atoms. The van der Waals surface area contributed by atoms with Gasteiger partial charge in [0.1, 0.15) is 10.6 Å². The summed E-state index contributed by atoms with van der Waals surface area (Å²) in [6.07, 6.45) is 0. The second kappa shape index (κ2) is 7.13. The van der Waals surface area contributed by atoms with E-state index in [1.165, 1.54) is 18.2 Å². The molecular weight excluding hydrogens is 322 g/mol. The normalized spacial score (nSPS) is 12.9. The van der Waals surface area contributed by atoms with Crippen LogP contribution in [0.3, 0.4) is 0 Å². The zero-order valence-electron chi connectivity index (χ0n) is 12.4. The Bertz CT molecular complexity index is 732. The van der Waals surface area contributed by atoms with Crippen LogP contribution in [0.2, 0.25) is 5.02 Å². The molecule has 4 nitrogen and oxygen atoms in total. The van der Waals surface area contributed by atoms with Gasteiger partial charge >= 0.3 is 0 Å². The van der Waals surface area contributed by atoms with Crippen LogP contribution in [-0.2, 0) is 10.0 Å². The molecule has 6 heteroatoms. The van der Waals surface area contributed by atoms with Crippen LogP contribution in [0.4, 0.5) is 0 Å². The largest absolute Gasteiger partial charge is 0.492 e. The third-order valence-electron chi connectivity index (χ3n) is 3.13. The molecular formula is C16H18ClNO3S. The predicted octanol–water partition coefficient (Wildman–Crippen LogP) is 3.78. The fourth-order valence-electron chi connectivity index (χ4n) is 2.08. The van der Waals surface area contributed by atoms with Gasteiger partial charge in [-0.1, -0.05) is 41.9 Å². The highest BCUT2D eigenvalue weighted by atomic mass is 35.5. The van der Waals surface area contributed by atoms with E-state index in [2.05, 4.69) is 4.72 Å². The molecule has 2 aromatic rings. The lowest BCUT2D eigenvalue weighted by atomic mass is 10.1. The van der Waals surface area contributed by atoms with E-state index in [0.717, 1.165) is 5.56 Å². The number of hydrogen-bond donors (Lipinski definition) is 1. The highest BCUT2D eigenvalue weighted by Gasteiger charge is 2.22. The van der Waals surface area contributed by atoms with E-state index in [1.807, 2.05) is 30.3 Å². The van der Waals surface area contributed by atoms with Gasteiger partial charge in [0.2, 0.25) is 10.0 Å². The van der Waals surface area contributed by atoms with Crippen LogP contribution in [0.25, 0.3) is 0 Å². The van der Waals surface area contributed by atoms with E-state index in [0.29, 0.717) is 11.6 Å². The van der Waals surface area contributed by atoms with Gasteiger partial charge in [0.05, 0.1) is 6.61 Å². The maximum atomic E-state index is 12.6. The number of rotatable bonds is 6. The fourth-order valence-corrected chi connectivity index (χ4v) is 3.60. The van der Waals surface area contributed by atoms with Gasteiger partial charge in [0.15, 0.2) is 0 Å². The van der Waals surface area contributed by atoms with E-state index < -0.39 is 10.0 Å². The van der Waals surface area contributed by atoms with Crippen molar-refractivity contribution in [2.24, 2.45) is 0 Å².